The van der Waals surface area contributed by atoms with E-state index in [0.29, 0.717) is 56.1 Å². The van der Waals surface area contributed by atoms with E-state index >= 15 is 0 Å². The van der Waals surface area contributed by atoms with Crippen molar-refractivity contribution in [2.45, 2.75) is 52.1 Å². The number of ether oxygens (including phenoxy) is 2. The van der Waals surface area contributed by atoms with Crippen molar-refractivity contribution in [2.75, 3.05) is 33.4 Å². The summed E-state index contributed by atoms with van der Waals surface area (Å²) < 4.78 is 12.8. The van der Waals surface area contributed by atoms with Crippen molar-refractivity contribution in [3.05, 3.63) is 153 Å². The third kappa shape index (κ3) is 11.3. The molecule has 0 aliphatic carbocycles. The van der Waals surface area contributed by atoms with Gasteiger partial charge in [0.1, 0.15) is 11.5 Å². The van der Waals surface area contributed by atoms with Crippen LogP contribution >= 0.6 is 22.6 Å². The molecule has 6 aromatic carbocycles. The highest BCUT2D eigenvalue weighted by molar-refractivity contribution is 14.1. The number of carbonyl (C=O) groups is 2. The molecule has 0 heterocycles. The van der Waals surface area contributed by atoms with E-state index in [4.69, 9.17) is 9.47 Å². The van der Waals surface area contributed by atoms with E-state index in [1.54, 1.807) is 7.11 Å². The van der Waals surface area contributed by atoms with Crippen LogP contribution in [0.1, 0.15) is 58.3 Å². The number of aryl methyl sites for hydroxylation is 2. The van der Waals surface area contributed by atoms with Gasteiger partial charge in [-0.25, -0.2) is 0 Å². The molecule has 2 amide bonds. The van der Waals surface area contributed by atoms with Gasteiger partial charge < -0.3 is 25.0 Å². The number of halogens is 1. The lowest BCUT2D eigenvalue weighted by Crippen LogP contribution is -2.30. The fraction of sp³-hybridized carbons (Fsp3) is 0.277. The largest absolute Gasteiger partial charge is 0.496 e. The van der Waals surface area contributed by atoms with Crippen molar-refractivity contribution in [2.24, 2.45) is 0 Å². The SMILES string of the molecule is COc1cc(OCCCC(=O)NCCCNCCCc2c3ccccc3cc3ccccc23)ccc1CN(Cc1ccc(C)cc1)C(=O)c1ccc(I)cc1. The monoisotopic (exact) mass is 847 g/mol. The van der Waals surface area contributed by atoms with Crippen LogP contribution in [0.4, 0.5) is 0 Å². The molecule has 0 aromatic heterocycles. The number of nitrogens with zero attached hydrogens (tertiary/aromatic N) is 1. The van der Waals surface area contributed by atoms with Crippen molar-refractivity contribution in [1.29, 1.82) is 0 Å². The summed E-state index contributed by atoms with van der Waals surface area (Å²) in [6, 6.07) is 41.2. The second-order valence-corrected chi connectivity index (χ2v) is 15.2. The smallest absolute Gasteiger partial charge is 0.254 e. The summed E-state index contributed by atoms with van der Waals surface area (Å²) in [4.78, 5) is 28.0. The van der Waals surface area contributed by atoms with Crippen molar-refractivity contribution in [3.8, 4) is 11.5 Å². The van der Waals surface area contributed by atoms with E-state index < -0.39 is 0 Å². The molecule has 0 atom stereocenters. The van der Waals surface area contributed by atoms with Crippen LogP contribution in [0.3, 0.4) is 0 Å². The Balaban J connectivity index is 0.901. The van der Waals surface area contributed by atoms with Crippen LogP contribution in [0, 0.1) is 10.5 Å². The second-order valence-electron chi connectivity index (χ2n) is 13.9. The van der Waals surface area contributed by atoms with Crippen LogP contribution in [-0.2, 0) is 24.3 Å². The molecule has 6 rings (SSSR count). The van der Waals surface area contributed by atoms with Gasteiger partial charge in [-0.1, -0.05) is 78.4 Å². The average molecular weight is 848 g/mol. The Labute approximate surface area is 338 Å². The zero-order valence-corrected chi connectivity index (χ0v) is 33.9. The fourth-order valence-electron chi connectivity index (χ4n) is 6.88. The first-order valence-electron chi connectivity index (χ1n) is 19.1. The van der Waals surface area contributed by atoms with Crippen LogP contribution in [0.5, 0.6) is 11.5 Å². The maximum Gasteiger partial charge on any atom is 0.254 e. The Morgan fingerprint density at radius 2 is 1.42 bits per heavy atom. The van der Waals surface area contributed by atoms with E-state index in [9.17, 15) is 9.59 Å². The van der Waals surface area contributed by atoms with Crippen LogP contribution in [0.15, 0.2) is 121 Å². The number of hydrogen-bond donors (Lipinski definition) is 2. The molecular formula is C47H50IN3O4. The molecule has 0 unspecified atom stereocenters. The summed E-state index contributed by atoms with van der Waals surface area (Å²) in [5, 5.41) is 11.9. The van der Waals surface area contributed by atoms with Crippen LogP contribution in [0.2, 0.25) is 0 Å². The van der Waals surface area contributed by atoms with E-state index in [1.807, 2.05) is 47.4 Å². The first kappa shape index (κ1) is 39.8. The molecule has 2 N–H and O–H groups in total. The maximum atomic E-state index is 13.7. The van der Waals surface area contributed by atoms with Gasteiger partial charge in [-0.05, 0) is 143 Å². The molecule has 0 radical (unpaired) electrons. The number of fused-ring (bicyclic) bond motifs is 2. The number of nitrogens with one attached hydrogen (secondary N) is 2. The maximum absolute atomic E-state index is 13.7. The van der Waals surface area contributed by atoms with Gasteiger partial charge in [0.15, 0.2) is 0 Å². The lowest BCUT2D eigenvalue weighted by atomic mass is 9.94. The van der Waals surface area contributed by atoms with Gasteiger partial charge in [0.2, 0.25) is 5.91 Å². The molecular weight excluding hydrogens is 797 g/mol. The number of amides is 2. The van der Waals surface area contributed by atoms with E-state index in [2.05, 4.69) is 119 Å². The summed E-state index contributed by atoms with van der Waals surface area (Å²) in [7, 11) is 1.63. The van der Waals surface area contributed by atoms with Gasteiger partial charge in [-0.15, -0.1) is 0 Å². The zero-order chi connectivity index (χ0) is 38.4. The molecule has 0 saturated heterocycles. The normalized spacial score (nSPS) is 11.1. The fourth-order valence-corrected chi connectivity index (χ4v) is 7.24. The zero-order valence-electron chi connectivity index (χ0n) is 31.8. The van der Waals surface area contributed by atoms with Gasteiger partial charge in [0.25, 0.3) is 5.91 Å². The third-order valence-corrected chi connectivity index (χ3v) is 10.5. The Bertz CT molecular complexity index is 2130. The van der Waals surface area contributed by atoms with Crippen molar-refractivity contribution < 1.29 is 19.1 Å². The Morgan fingerprint density at radius 3 is 2.13 bits per heavy atom. The average Bonchev–Trinajstić information content (AvgIpc) is 3.21. The molecule has 0 bridgehead atoms. The van der Waals surface area contributed by atoms with Crippen molar-refractivity contribution >= 4 is 56.0 Å². The highest BCUT2D eigenvalue weighted by atomic mass is 127. The highest BCUT2D eigenvalue weighted by Gasteiger charge is 2.19. The van der Waals surface area contributed by atoms with E-state index in [0.717, 1.165) is 47.0 Å². The minimum absolute atomic E-state index is 0.0332. The number of benzene rings is 6. The number of carbonyl (C=O) groups excluding carboxylic acids is 2. The van der Waals surface area contributed by atoms with Gasteiger partial charge in [0.05, 0.1) is 13.7 Å². The second kappa shape index (κ2) is 20.1. The number of methoxy groups -OCH3 is 1. The predicted molar refractivity (Wildman–Crippen MR) is 232 cm³/mol. The summed E-state index contributed by atoms with van der Waals surface area (Å²) >= 11 is 2.24. The first-order chi connectivity index (χ1) is 26.9. The Hall–Kier alpha value is -4.93. The summed E-state index contributed by atoms with van der Waals surface area (Å²) in [6.07, 6.45) is 3.96. The minimum Gasteiger partial charge on any atom is -0.496 e. The number of hydrogen-bond acceptors (Lipinski definition) is 5. The van der Waals surface area contributed by atoms with E-state index in [-0.39, 0.29) is 11.8 Å². The van der Waals surface area contributed by atoms with E-state index in [1.165, 1.54) is 32.7 Å². The molecule has 0 aliphatic heterocycles. The molecule has 8 heteroatoms. The lowest BCUT2D eigenvalue weighted by Gasteiger charge is -2.24. The summed E-state index contributed by atoms with van der Waals surface area (Å²) in [5.74, 6) is 1.30. The molecule has 6 aromatic rings. The standard InChI is InChI=1S/C47H50IN3O4/c1-34-16-18-35(19-17-34)32-51(47(53)36-20-23-40(48)24-21-36)33-39-22-25-41(31-45(39)54-2)55-29-8-15-46(52)50-28-9-27-49-26-7-14-44-42-12-5-3-10-37(42)30-38-11-4-6-13-43(38)44/h3-6,10-13,16-25,30-31,49H,7-9,14-15,26-29,32-33H2,1-2H3,(H,50,52). The topological polar surface area (TPSA) is 79.9 Å². The van der Waals surface area contributed by atoms with Gasteiger partial charge in [0, 0.05) is 46.8 Å². The quantitative estimate of drug-likeness (QED) is 0.0483. The van der Waals surface area contributed by atoms with Gasteiger partial charge in [-0.3, -0.25) is 9.59 Å². The highest BCUT2D eigenvalue weighted by Crippen LogP contribution is 2.30. The van der Waals surface area contributed by atoms with Crippen LogP contribution < -0.4 is 20.1 Å². The first-order valence-corrected chi connectivity index (χ1v) is 20.2. The molecule has 0 spiro atoms. The van der Waals surface area contributed by atoms with Gasteiger partial charge in [-0.2, -0.15) is 0 Å². The molecule has 55 heavy (non-hydrogen) atoms. The number of rotatable bonds is 19. The van der Waals surface area contributed by atoms with Gasteiger partial charge >= 0.3 is 0 Å². The molecule has 7 nitrogen and oxygen atoms in total. The molecule has 0 saturated carbocycles. The molecule has 0 aliphatic rings. The van der Waals surface area contributed by atoms with Crippen molar-refractivity contribution in [3.63, 3.8) is 0 Å². The summed E-state index contributed by atoms with van der Waals surface area (Å²) in [5.41, 5.74) is 5.18. The molecule has 284 valence electrons. The molecule has 0 fully saturated rings. The van der Waals surface area contributed by atoms with Crippen molar-refractivity contribution in [1.82, 2.24) is 15.5 Å². The minimum atomic E-state index is -0.0458. The van der Waals surface area contributed by atoms with Crippen LogP contribution in [0.25, 0.3) is 21.5 Å². The predicted octanol–water partition coefficient (Wildman–Crippen LogP) is 9.64. The summed E-state index contributed by atoms with van der Waals surface area (Å²) in [6.45, 7) is 5.75. The third-order valence-electron chi connectivity index (χ3n) is 9.82. The van der Waals surface area contributed by atoms with Crippen LogP contribution in [-0.4, -0.2) is 50.1 Å². The lowest BCUT2D eigenvalue weighted by molar-refractivity contribution is -0.121. The Morgan fingerprint density at radius 1 is 0.727 bits per heavy atom. The Kier molecular flexibility index (Phi) is 14.5.